The van der Waals surface area contributed by atoms with Crippen LogP contribution in [0.5, 0.6) is 11.6 Å². The van der Waals surface area contributed by atoms with E-state index in [1.165, 1.54) is 18.2 Å². The van der Waals surface area contributed by atoms with Crippen molar-refractivity contribution in [3.63, 3.8) is 0 Å². The van der Waals surface area contributed by atoms with Crippen molar-refractivity contribution in [2.75, 3.05) is 5.73 Å². The van der Waals surface area contributed by atoms with E-state index in [0.717, 1.165) is 9.65 Å². The zero-order valence-electron chi connectivity index (χ0n) is 17.1. The van der Waals surface area contributed by atoms with Crippen LogP contribution in [0.3, 0.4) is 0 Å². The molecule has 7 nitrogen and oxygen atoms in total. The maximum Gasteiger partial charge on any atom is 0.283 e. The SMILES string of the molecule is C=CC(Oc1ccc(Cl)cc1)Oc1nn(S(=O)(=O)c2ccc(C)cc2)c2ccc(N)cc12. The van der Waals surface area contributed by atoms with E-state index >= 15 is 0 Å². The Labute approximate surface area is 190 Å². The molecule has 1 heterocycles. The molecule has 3 aromatic carbocycles. The van der Waals surface area contributed by atoms with Gasteiger partial charge in [0, 0.05) is 10.7 Å². The maximum atomic E-state index is 13.3. The number of aryl methyl sites for hydroxylation is 1. The van der Waals surface area contributed by atoms with E-state index in [-0.39, 0.29) is 10.8 Å². The van der Waals surface area contributed by atoms with Gasteiger partial charge in [-0.2, -0.15) is 8.42 Å². The lowest BCUT2D eigenvalue weighted by Crippen LogP contribution is -2.22. The van der Waals surface area contributed by atoms with Gasteiger partial charge in [0.15, 0.2) is 0 Å². The Kier molecular flexibility index (Phi) is 5.82. The van der Waals surface area contributed by atoms with E-state index < -0.39 is 16.3 Å². The van der Waals surface area contributed by atoms with Gasteiger partial charge < -0.3 is 15.2 Å². The second-order valence-corrected chi connectivity index (χ2v) is 9.24. The van der Waals surface area contributed by atoms with Gasteiger partial charge in [-0.05, 0) is 67.6 Å². The molecule has 2 N–H and O–H groups in total. The standard InChI is InChI=1S/C23H20ClN3O4S/c1-3-22(30-18-9-6-16(24)7-10-18)31-23-20-14-17(25)8-13-21(20)27(26-23)32(28,29)19-11-4-15(2)5-12-19/h3-14,22H,1,25H2,2H3. The molecule has 1 unspecified atom stereocenters. The number of hydrogen-bond acceptors (Lipinski definition) is 6. The maximum absolute atomic E-state index is 13.3. The van der Waals surface area contributed by atoms with Gasteiger partial charge in [0.2, 0.25) is 5.88 Å². The number of anilines is 1. The predicted octanol–water partition coefficient (Wildman–Crippen LogP) is 4.79. The van der Waals surface area contributed by atoms with E-state index in [1.807, 2.05) is 6.92 Å². The van der Waals surface area contributed by atoms with Crippen molar-refractivity contribution >= 4 is 38.2 Å². The molecule has 164 valence electrons. The lowest BCUT2D eigenvalue weighted by molar-refractivity contribution is 0.0446. The summed E-state index contributed by atoms with van der Waals surface area (Å²) in [4.78, 5) is 0.105. The molecule has 0 bridgehead atoms. The zero-order valence-corrected chi connectivity index (χ0v) is 18.7. The Morgan fingerprint density at radius 3 is 2.41 bits per heavy atom. The quantitative estimate of drug-likeness (QED) is 0.237. The molecule has 0 aliphatic heterocycles. The molecule has 4 aromatic rings. The fraction of sp³-hybridized carbons (Fsp3) is 0.0870. The molecular weight excluding hydrogens is 450 g/mol. The molecule has 32 heavy (non-hydrogen) atoms. The van der Waals surface area contributed by atoms with Crippen molar-refractivity contribution in [2.24, 2.45) is 0 Å². The summed E-state index contributed by atoms with van der Waals surface area (Å²) in [5.41, 5.74) is 7.63. The molecule has 1 aromatic heterocycles. The van der Waals surface area contributed by atoms with Crippen molar-refractivity contribution in [2.45, 2.75) is 18.1 Å². The topological polar surface area (TPSA) is 96.4 Å². The highest BCUT2D eigenvalue weighted by molar-refractivity contribution is 7.90. The van der Waals surface area contributed by atoms with Crippen LogP contribution in [0.2, 0.25) is 5.02 Å². The van der Waals surface area contributed by atoms with Gasteiger partial charge in [-0.15, -0.1) is 9.19 Å². The summed E-state index contributed by atoms with van der Waals surface area (Å²) in [6.07, 6.45) is 0.492. The van der Waals surface area contributed by atoms with Crippen LogP contribution in [-0.4, -0.2) is 23.9 Å². The molecule has 0 fully saturated rings. The van der Waals surface area contributed by atoms with Crippen LogP contribution in [0.15, 0.2) is 84.3 Å². The molecule has 9 heteroatoms. The smallest absolute Gasteiger partial charge is 0.283 e. The summed E-state index contributed by atoms with van der Waals surface area (Å²) in [6.45, 7) is 5.61. The predicted molar refractivity (Wildman–Crippen MR) is 125 cm³/mol. The van der Waals surface area contributed by atoms with Crippen molar-refractivity contribution in [1.29, 1.82) is 0 Å². The summed E-state index contributed by atoms with van der Waals surface area (Å²) in [6, 6.07) is 18.0. The van der Waals surface area contributed by atoms with Crippen molar-refractivity contribution < 1.29 is 17.9 Å². The average molecular weight is 470 g/mol. The second kappa shape index (κ2) is 8.57. The molecule has 1 atom stereocenters. The molecule has 0 aliphatic carbocycles. The lowest BCUT2D eigenvalue weighted by atomic mass is 10.2. The van der Waals surface area contributed by atoms with Gasteiger partial charge >= 0.3 is 0 Å². The summed E-state index contributed by atoms with van der Waals surface area (Å²) in [5.74, 6) is 0.539. The second-order valence-electron chi connectivity index (χ2n) is 7.04. The number of fused-ring (bicyclic) bond motifs is 1. The molecule has 0 aliphatic rings. The fourth-order valence-electron chi connectivity index (χ4n) is 3.04. The number of benzene rings is 3. The third-order valence-corrected chi connectivity index (χ3v) is 6.52. The van der Waals surface area contributed by atoms with Gasteiger partial charge in [0.05, 0.1) is 15.8 Å². The third-order valence-electron chi connectivity index (χ3n) is 4.67. The average Bonchev–Trinajstić information content (AvgIpc) is 3.13. The first-order valence-corrected chi connectivity index (χ1v) is 11.4. The highest BCUT2D eigenvalue weighted by Gasteiger charge is 2.25. The van der Waals surface area contributed by atoms with Crippen LogP contribution in [0, 0.1) is 6.92 Å². The van der Waals surface area contributed by atoms with E-state index in [0.29, 0.717) is 27.4 Å². The number of aromatic nitrogens is 2. The van der Waals surface area contributed by atoms with E-state index in [2.05, 4.69) is 11.7 Å². The van der Waals surface area contributed by atoms with Gasteiger partial charge in [0.25, 0.3) is 16.3 Å². The summed E-state index contributed by atoms with van der Waals surface area (Å²) >= 11 is 5.91. The van der Waals surface area contributed by atoms with Crippen LogP contribution in [0.4, 0.5) is 5.69 Å². The van der Waals surface area contributed by atoms with E-state index in [1.54, 1.807) is 54.6 Å². The zero-order chi connectivity index (χ0) is 22.9. The first kappa shape index (κ1) is 21.7. The van der Waals surface area contributed by atoms with E-state index in [4.69, 9.17) is 26.8 Å². The van der Waals surface area contributed by atoms with Crippen LogP contribution in [-0.2, 0) is 10.0 Å². The number of rotatable bonds is 7. The van der Waals surface area contributed by atoms with Crippen LogP contribution in [0.25, 0.3) is 10.9 Å². The number of halogens is 1. The normalized spacial score (nSPS) is 12.4. The highest BCUT2D eigenvalue weighted by Crippen LogP contribution is 2.31. The van der Waals surface area contributed by atoms with Gasteiger partial charge in [-0.1, -0.05) is 35.9 Å². The Morgan fingerprint density at radius 2 is 1.75 bits per heavy atom. The van der Waals surface area contributed by atoms with E-state index in [9.17, 15) is 8.42 Å². The summed E-state index contributed by atoms with van der Waals surface area (Å²) < 4.78 is 39.1. The van der Waals surface area contributed by atoms with Crippen LogP contribution >= 0.6 is 11.6 Å². The van der Waals surface area contributed by atoms with Crippen molar-refractivity contribution in [3.8, 4) is 11.6 Å². The Bertz CT molecular complexity index is 1380. The minimum Gasteiger partial charge on any atom is -0.451 e. The molecule has 4 rings (SSSR count). The first-order chi connectivity index (χ1) is 15.3. The fourth-order valence-corrected chi connectivity index (χ4v) is 4.45. The molecule has 0 spiro atoms. The Balaban J connectivity index is 1.75. The van der Waals surface area contributed by atoms with Crippen molar-refractivity contribution in [1.82, 2.24) is 9.19 Å². The van der Waals surface area contributed by atoms with Crippen LogP contribution < -0.4 is 15.2 Å². The number of ether oxygens (including phenoxy) is 2. The molecule has 0 saturated carbocycles. The number of nitrogen functional groups attached to an aromatic ring is 1. The summed E-state index contributed by atoms with van der Waals surface area (Å²) in [5, 5.41) is 5.23. The lowest BCUT2D eigenvalue weighted by Gasteiger charge is -2.16. The molecule has 0 radical (unpaired) electrons. The largest absolute Gasteiger partial charge is 0.451 e. The minimum absolute atomic E-state index is 0.0434. The number of nitrogens with zero attached hydrogens (tertiary/aromatic N) is 2. The first-order valence-electron chi connectivity index (χ1n) is 9.60. The van der Waals surface area contributed by atoms with Gasteiger partial charge in [-0.3, -0.25) is 0 Å². The number of nitrogens with two attached hydrogens (primary N) is 1. The van der Waals surface area contributed by atoms with Gasteiger partial charge in [0.1, 0.15) is 5.75 Å². The third kappa shape index (κ3) is 4.28. The van der Waals surface area contributed by atoms with Crippen LogP contribution in [0.1, 0.15) is 5.56 Å². The molecule has 0 amide bonds. The summed E-state index contributed by atoms with van der Waals surface area (Å²) in [7, 11) is -3.98. The Hall–Kier alpha value is -3.49. The Morgan fingerprint density at radius 1 is 1.06 bits per heavy atom. The highest BCUT2D eigenvalue weighted by atomic mass is 35.5. The minimum atomic E-state index is -3.98. The van der Waals surface area contributed by atoms with Crippen molar-refractivity contribution in [3.05, 3.63) is 90.0 Å². The number of hydrogen-bond donors (Lipinski definition) is 1. The molecule has 0 saturated heterocycles. The monoisotopic (exact) mass is 469 g/mol. The van der Waals surface area contributed by atoms with Gasteiger partial charge in [-0.25, -0.2) is 0 Å². The molecular formula is C23H20ClN3O4S.